The highest BCUT2D eigenvalue weighted by molar-refractivity contribution is 6.25. The second-order valence-corrected chi connectivity index (χ2v) is 14.3. The van der Waals surface area contributed by atoms with Crippen LogP contribution >= 0.6 is 0 Å². The molecule has 0 saturated heterocycles. The normalized spacial score (nSPS) is 12.0. The van der Waals surface area contributed by atoms with E-state index in [-0.39, 0.29) is 0 Å². The third-order valence-corrected chi connectivity index (χ3v) is 11.2. The summed E-state index contributed by atoms with van der Waals surface area (Å²) in [4.78, 5) is 7.66. The van der Waals surface area contributed by atoms with Crippen LogP contribution in [-0.2, 0) is 0 Å². The topological polar surface area (TPSA) is 16.1 Å². The summed E-state index contributed by atoms with van der Waals surface area (Å²) in [6.45, 7) is 0. The third kappa shape index (κ3) is 5.15. The van der Waals surface area contributed by atoms with Crippen LogP contribution < -0.4 is 4.90 Å². The summed E-state index contributed by atoms with van der Waals surface area (Å²) in [5.74, 6) is 0. The highest BCUT2D eigenvalue weighted by atomic mass is 15.1. The van der Waals surface area contributed by atoms with Crippen LogP contribution in [0.1, 0.15) is 0 Å². The zero-order chi connectivity index (χ0) is 36.3. The van der Waals surface area contributed by atoms with Crippen molar-refractivity contribution >= 4 is 49.4 Å². The number of fused-ring (bicyclic) bond motifs is 11. The SMILES string of the molecule is c1ccc(N2c3ccccc3-c3ccc(-c4cccc(-c5cccc(-c6ccc7c8ccccc8c8ccccc8c7c6)n5)c4)cc3-c3ccccc32)cc1. The minimum atomic E-state index is 0.954. The molecule has 2 nitrogen and oxygen atoms in total. The van der Waals surface area contributed by atoms with E-state index in [0.29, 0.717) is 0 Å². The predicted octanol–water partition coefficient (Wildman–Crippen LogP) is 14.7. The molecule has 1 aliphatic heterocycles. The van der Waals surface area contributed by atoms with Crippen molar-refractivity contribution in [2.45, 2.75) is 0 Å². The number of para-hydroxylation sites is 3. The number of pyridine rings is 1. The first-order valence-electron chi connectivity index (χ1n) is 18.9. The Morgan fingerprint density at radius 2 is 0.764 bits per heavy atom. The maximum atomic E-state index is 5.27. The highest BCUT2D eigenvalue weighted by Gasteiger charge is 2.26. The Labute approximate surface area is 320 Å². The van der Waals surface area contributed by atoms with Gasteiger partial charge < -0.3 is 4.90 Å². The maximum absolute atomic E-state index is 5.27. The van der Waals surface area contributed by atoms with Gasteiger partial charge in [0, 0.05) is 27.9 Å². The summed E-state index contributed by atoms with van der Waals surface area (Å²) in [5, 5.41) is 7.62. The standard InChI is InChI=1S/C53H34N2/c1-2-16-39(17-3-1)55-52-26-10-8-22-46(52)45-30-28-36(33-49(45)47-23-9-11-27-53(47)55)35-14-12-15-37(32-35)50-24-13-25-51(54-50)38-29-31-44-42-20-5-4-18-40(42)41-19-6-7-21-43(41)48(44)34-38/h1-34H. The first-order valence-corrected chi connectivity index (χ1v) is 18.9. The average Bonchev–Trinajstić information content (AvgIpc) is 3.39. The molecule has 0 bridgehead atoms. The summed E-state index contributed by atoms with van der Waals surface area (Å²) < 4.78 is 0. The number of aromatic nitrogens is 1. The number of hydrogen-bond donors (Lipinski definition) is 0. The molecule has 10 aromatic rings. The second-order valence-electron chi connectivity index (χ2n) is 14.3. The lowest BCUT2D eigenvalue weighted by atomic mass is 9.90. The predicted molar refractivity (Wildman–Crippen MR) is 232 cm³/mol. The molecule has 0 aliphatic carbocycles. The second kappa shape index (κ2) is 12.7. The largest absolute Gasteiger partial charge is 0.309 e. The first kappa shape index (κ1) is 31.3. The van der Waals surface area contributed by atoms with Gasteiger partial charge in [0.05, 0.1) is 22.8 Å². The van der Waals surface area contributed by atoms with Crippen molar-refractivity contribution in [1.29, 1.82) is 0 Å². The van der Waals surface area contributed by atoms with Gasteiger partial charge in [-0.15, -0.1) is 0 Å². The van der Waals surface area contributed by atoms with Gasteiger partial charge in [-0.2, -0.15) is 0 Å². The van der Waals surface area contributed by atoms with Gasteiger partial charge in [0.2, 0.25) is 0 Å². The Morgan fingerprint density at radius 1 is 0.273 bits per heavy atom. The summed E-state index contributed by atoms with van der Waals surface area (Å²) in [6, 6.07) is 74.6. The van der Waals surface area contributed by atoms with E-state index in [9.17, 15) is 0 Å². The quantitative estimate of drug-likeness (QED) is 0.170. The van der Waals surface area contributed by atoms with Gasteiger partial charge in [-0.3, -0.25) is 0 Å². The molecule has 0 amide bonds. The van der Waals surface area contributed by atoms with Gasteiger partial charge in [0.1, 0.15) is 0 Å². The number of anilines is 3. The van der Waals surface area contributed by atoms with Crippen LogP contribution in [0.2, 0.25) is 0 Å². The Balaban J connectivity index is 1.01. The summed E-state index contributed by atoms with van der Waals surface area (Å²) in [6.07, 6.45) is 0. The van der Waals surface area contributed by atoms with E-state index in [4.69, 9.17) is 4.98 Å². The molecule has 9 aromatic carbocycles. The molecule has 0 saturated carbocycles. The molecule has 1 aliphatic rings. The fourth-order valence-corrected chi connectivity index (χ4v) is 8.64. The summed E-state index contributed by atoms with van der Waals surface area (Å²) in [5.41, 5.74) is 14.8. The zero-order valence-corrected chi connectivity index (χ0v) is 30.0. The molecule has 0 unspecified atom stereocenters. The van der Waals surface area contributed by atoms with Crippen molar-refractivity contribution < 1.29 is 0 Å². The van der Waals surface area contributed by atoms with Gasteiger partial charge in [0.15, 0.2) is 0 Å². The van der Waals surface area contributed by atoms with Crippen molar-refractivity contribution in [3.8, 4) is 55.9 Å². The van der Waals surface area contributed by atoms with Gasteiger partial charge in [-0.1, -0.05) is 152 Å². The fraction of sp³-hybridized carbons (Fsp3) is 0. The van der Waals surface area contributed by atoms with Gasteiger partial charge in [-0.25, -0.2) is 4.98 Å². The minimum Gasteiger partial charge on any atom is -0.309 e. The lowest BCUT2D eigenvalue weighted by Crippen LogP contribution is -2.10. The van der Waals surface area contributed by atoms with E-state index in [2.05, 4.69) is 211 Å². The molecule has 0 N–H and O–H groups in total. The summed E-state index contributed by atoms with van der Waals surface area (Å²) >= 11 is 0. The molecule has 256 valence electrons. The van der Waals surface area contributed by atoms with Crippen LogP contribution in [0, 0.1) is 0 Å². The van der Waals surface area contributed by atoms with Crippen molar-refractivity contribution in [3.63, 3.8) is 0 Å². The lowest BCUT2D eigenvalue weighted by molar-refractivity contribution is 1.29. The van der Waals surface area contributed by atoms with E-state index >= 15 is 0 Å². The van der Waals surface area contributed by atoms with Crippen molar-refractivity contribution in [2.75, 3.05) is 4.90 Å². The molecule has 2 heterocycles. The molecular weight excluding hydrogens is 665 g/mol. The number of hydrogen-bond acceptors (Lipinski definition) is 2. The van der Waals surface area contributed by atoms with Crippen LogP contribution in [0.15, 0.2) is 206 Å². The molecule has 0 fully saturated rings. The first-order chi connectivity index (χ1) is 27.3. The molecule has 1 aromatic heterocycles. The molecular formula is C53H34N2. The van der Waals surface area contributed by atoms with Gasteiger partial charge in [0.25, 0.3) is 0 Å². The van der Waals surface area contributed by atoms with Crippen molar-refractivity contribution in [2.24, 2.45) is 0 Å². The number of benzene rings is 9. The average molecular weight is 699 g/mol. The fourth-order valence-electron chi connectivity index (χ4n) is 8.64. The van der Waals surface area contributed by atoms with E-state index in [0.717, 1.165) is 33.8 Å². The third-order valence-electron chi connectivity index (χ3n) is 11.2. The van der Waals surface area contributed by atoms with Crippen molar-refractivity contribution in [3.05, 3.63) is 206 Å². The van der Waals surface area contributed by atoms with Crippen LogP contribution in [-0.4, -0.2) is 4.98 Å². The Kier molecular flexibility index (Phi) is 7.21. The molecule has 2 heteroatoms. The van der Waals surface area contributed by atoms with E-state index in [1.807, 2.05) is 0 Å². The van der Waals surface area contributed by atoms with Crippen LogP contribution in [0.3, 0.4) is 0 Å². The van der Waals surface area contributed by atoms with E-state index in [1.54, 1.807) is 0 Å². The molecule has 11 rings (SSSR count). The number of nitrogens with zero attached hydrogens (tertiary/aromatic N) is 2. The molecule has 55 heavy (non-hydrogen) atoms. The highest BCUT2D eigenvalue weighted by Crippen LogP contribution is 2.51. The van der Waals surface area contributed by atoms with E-state index in [1.165, 1.54) is 71.5 Å². The maximum Gasteiger partial charge on any atom is 0.0709 e. The lowest BCUT2D eigenvalue weighted by Gasteiger charge is -2.27. The van der Waals surface area contributed by atoms with Crippen LogP contribution in [0.5, 0.6) is 0 Å². The number of rotatable bonds is 4. The van der Waals surface area contributed by atoms with Crippen LogP contribution in [0.25, 0.3) is 88.2 Å². The zero-order valence-electron chi connectivity index (χ0n) is 30.0. The Hall–Kier alpha value is -7.29. The Bertz CT molecular complexity index is 3070. The van der Waals surface area contributed by atoms with E-state index < -0.39 is 0 Å². The van der Waals surface area contributed by atoms with Crippen LogP contribution in [0.4, 0.5) is 17.1 Å². The van der Waals surface area contributed by atoms with Gasteiger partial charge >= 0.3 is 0 Å². The molecule has 0 atom stereocenters. The smallest absolute Gasteiger partial charge is 0.0709 e. The molecule has 0 radical (unpaired) electrons. The minimum absolute atomic E-state index is 0.954. The van der Waals surface area contributed by atoms with Crippen molar-refractivity contribution in [1.82, 2.24) is 4.98 Å². The Morgan fingerprint density at radius 3 is 1.45 bits per heavy atom. The molecule has 0 spiro atoms. The summed E-state index contributed by atoms with van der Waals surface area (Å²) in [7, 11) is 0. The monoisotopic (exact) mass is 698 g/mol. The van der Waals surface area contributed by atoms with Gasteiger partial charge in [-0.05, 0) is 109 Å².